The van der Waals surface area contributed by atoms with Crippen LogP contribution in [0.4, 0.5) is 0 Å². The minimum atomic E-state index is 0.233. The van der Waals surface area contributed by atoms with E-state index in [9.17, 15) is 0 Å². The van der Waals surface area contributed by atoms with E-state index in [4.69, 9.17) is 0 Å². The second-order valence-corrected chi connectivity index (χ2v) is 5.98. The summed E-state index contributed by atoms with van der Waals surface area (Å²) in [5.41, 5.74) is 1.52. The summed E-state index contributed by atoms with van der Waals surface area (Å²) in [6, 6.07) is 0. The first kappa shape index (κ1) is 16.5. The van der Waals surface area contributed by atoms with Gasteiger partial charge in [0.1, 0.15) is 0 Å². The molecule has 102 valence electrons. The molecule has 0 aromatic rings. The molecule has 0 saturated carbocycles. The molecule has 0 unspecified atom stereocenters. The van der Waals surface area contributed by atoms with Gasteiger partial charge in [-0.1, -0.05) is 26.3 Å². The van der Waals surface area contributed by atoms with E-state index in [0.717, 1.165) is 19.5 Å². The molecular weight excluding hydrogens is 208 g/mol. The van der Waals surface area contributed by atoms with E-state index < -0.39 is 0 Å². The van der Waals surface area contributed by atoms with Gasteiger partial charge in [-0.2, -0.15) is 0 Å². The Bertz CT molecular complexity index is 203. The van der Waals surface area contributed by atoms with Crippen molar-refractivity contribution in [1.82, 2.24) is 10.2 Å². The van der Waals surface area contributed by atoms with Crippen molar-refractivity contribution in [3.63, 3.8) is 0 Å². The highest BCUT2D eigenvalue weighted by molar-refractivity contribution is 4.92. The number of allylic oxidation sites excluding steroid dienone is 1. The minimum absolute atomic E-state index is 0.233. The Labute approximate surface area is 108 Å². The highest BCUT2D eigenvalue weighted by Gasteiger charge is 2.08. The fourth-order valence-corrected chi connectivity index (χ4v) is 1.71. The Hall–Kier alpha value is -0.500. The first-order chi connectivity index (χ1) is 7.87. The molecule has 2 heteroatoms. The van der Waals surface area contributed by atoms with E-state index in [2.05, 4.69) is 51.5 Å². The lowest BCUT2D eigenvalue weighted by molar-refractivity contribution is 0.361. The van der Waals surface area contributed by atoms with E-state index in [1.165, 1.54) is 31.4 Å². The van der Waals surface area contributed by atoms with Crippen LogP contribution in [0.1, 0.15) is 59.8 Å². The maximum absolute atomic E-state index is 4.16. The van der Waals surface area contributed by atoms with Crippen LogP contribution in [0.3, 0.4) is 0 Å². The van der Waals surface area contributed by atoms with E-state index in [1.54, 1.807) is 0 Å². The van der Waals surface area contributed by atoms with Crippen molar-refractivity contribution >= 4 is 0 Å². The molecule has 0 amide bonds. The molecule has 0 aromatic heterocycles. The monoisotopic (exact) mass is 240 g/mol. The molecule has 0 atom stereocenters. The summed E-state index contributed by atoms with van der Waals surface area (Å²) >= 11 is 0. The summed E-state index contributed by atoms with van der Waals surface area (Å²) in [6.45, 7) is 15.2. The van der Waals surface area contributed by atoms with Crippen molar-refractivity contribution in [1.29, 1.82) is 0 Å². The van der Waals surface area contributed by atoms with Gasteiger partial charge >= 0.3 is 0 Å². The van der Waals surface area contributed by atoms with Gasteiger partial charge in [0.2, 0.25) is 0 Å². The van der Waals surface area contributed by atoms with Crippen LogP contribution >= 0.6 is 0 Å². The predicted octanol–water partition coefficient (Wildman–Crippen LogP) is 3.79. The van der Waals surface area contributed by atoms with Gasteiger partial charge in [0, 0.05) is 24.8 Å². The molecule has 0 spiro atoms. The van der Waals surface area contributed by atoms with Gasteiger partial charge in [-0.05, 0) is 46.6 Å². The molecule has 0 rings (SSSR count). The number of nitrogens with one attached hydrogen (secondary N) is 1. The van der Waals surface area contributed by atoms with Gasteiger partial charge < -0.3 is 10.2 Å². The lowest BCUT2D eigenvalue weighted by Gasteiger charge is -2.24. The Morgan fingerprint density at radius 3 is 2.35 bits per heavy atom. The number of nitrogens with zero attached hydrogens (tertiary/aromatic N) is 1. The Balaban J connectivity index is 3.57. The molecule has 0 heterocycles. The second kappa shape index (κ2) is 8.57. The quantitative estimate of drug-likeness (QED) is 0.617. The van der Waals surface area contributed by atoms with Crippen LogP contribution in [0, 0.1) is 0 Å². The molecule has 0 bridgehead atoms. The van der Waals surface area contributed by atoms with E-state index in [0.29, 0.717) is 0 Å². The summed E-state index contributed by atoms with van der Waals surface area (Å²) in [6.07, 6.45) is 6.21. The van der Waals surface area contributed by atoms with Crippen LogP contribution in [-0.2, 0) is 0 Å². The van der Waals surface area contributed by atoms with Crippen molar-refractivity contribution in [2.24, 2.45) is 0 Å². The summed E-state index contributed by atoms with van der Waals surface area (Å²) in [7, 11) is 2.16. The van der Waals surface area contributed by atoms with Crippen molar-refractivity contribution < 1.29 is 0 Å². The van der Waals surface area contributed by atoms with Crippen LogP contribution < -0.4 is 5.32 Å². The lowest BCUT2D eigenvalue weighted by atomic mass is 10.1. The molecule has 2 nitrogen and oxygen atoms in total. The molecule has 0 aliphatic heterocycles. The smallest absolute Gasteiger partial charge is 0.0183 e. The van der Waals surface area contributed by atoms with Crippen LogP contribution in [0.25, 0.3) is 0 Å². The molecule has 0 fully saturated rings. The zero-order chi connectivity index (χ0) is 13.3. The average Bonchev–Trinajstić information content (AvgIpc) is 2.23. The molecule has 1 N–H and O–H groups in total. The largest absolute Gasteiger partial charge is 0.378 e. The number of hydrogen-bond acceptors (Lipinski definition) is 2. The van der Waals surface area contributed by atoms with E-state index in [-0.39, 0.29) is 5.54 Å². The topological polar surface area (TPSA) is 15.3 Å². The van der Waals surface area contributed by atoms with E-state index in [1.807, 2.05) is 0 Å². The maximum atomic E-state index is 4.16. The van der Waals surface area contributed by atoms with Crippen molar-refractivity contribution in [2.75, 3.05) is 20.1 Å². The molecule has 0 aromatic carbocycles. The van der Waals surface area contributed by atoms with Gasteiger partial charge in [0.25, 0.3) is 0 Å². The second-order valence-electron chi connectivity index (χ2n) is 5.98. The fourth-order valence-electron chi connectivity index (χ4n) is 1.71. The SMILES string of the molecule is C=C(CCCCC)N(C)CCCNC(C)(C)C. The molecule has 0 aliphatic rings. The third kappa shape index (κ3) is 10.4. The maximum Gasteiger partial charge on any atom is 0.0183 e. The third-order valence-corrected chi connectivity index (χ3v) is 2.93. The Morgan fingerprint density at radius 1 is 1.18 bits per heavy atom. The number of hydrogen-bond donors (Lipinski definition) is 1. The first-order valence-corrected chi connectivity index (χ1v) is 7.00. The molecule has 17 heavy (non-hydrogen) atoms. The van der Waals surface area contributed by atoms with Crippen LogP contribution in [0.2, 0.25) is 0 Å². The highest BCUT2D eigenvalue weighted by atomic mass is 15.1. The van der Waals surface area contributed by atoms with Crippen molar-refractivity contribution in [3.05, 3.63) is 12.3 Å². The standard InChI is InChI=1S/C15H32N2/c1-7-8-9-11-14(2)17(6)13-10-12-16-15(3,4)5/h16H,2,7-13H2,1,3-6H3. The van der Waals surface area contributed by atoms with Gasteiger partial charge in [-0.15, -0.1) is 0 Å². The Kier molecular flexibility index (Phi) is 8.32. The number of rotatable bonds is 9. The van der Waals surface area contributed by atoms with Crippen molar-refractivity contribution in [3.8, 4) is 0 Å². The zero-order valence-electron chi connectivity index (χ0n) is 12.6. The summed E-state index contributed by atoms with van der Waals surface area (Å²) < 4.78 is 0. The van der Waals surface area contributed by atoms with Gasteiger partial charge in [-0.3, -0.25) is 0 Å². The normalized spacial score (nSPS) is 11.6. The van der Waals surface area contributed by atoms with Gasteiger partial charge in [0.05, 0.1) is 0 Å². The van der Waals surface area contributed by atoms with Gasteiger partial charge in [-0.25, -0.2) is 0 Å². The van der Waals surface area contributed by atoms with E-state index >= 15 is 0 Å². The zero-order valence-corrected chi connectivity index (χ0v) is 12.6. The molecule has 0 saturated heterocycles. The third-order valence-electron chi connectivity index (χ3n) is 2.93. The minimum Gasteiger partial charge on any atom is -0.378 e. The lowest BCUT2D eigenvalue weighted by Crippen LogP contribution is -2.37. The summed E-state index contributed by atoms with van der Waals surface area (Å²) in [5.74, 6) is 0. The predicted molar refractivity (Wildman–Crippen MR) is 78.3 cm³/mol. The molecule has 0 radical (unpaired) electrons. The molecular formula is C15H32N2. The summed E-state index contributed by atoms with van der Waals surface area (Å²) in [4.78, 5) is 2.31. The fraction of sp³-hybridized carbons (Fsp3) is 0.867. The van der Waals surface area contributed by atoms with Gasteiger partial charge in [0.15, 0.2) is 0 Å². The van der Waals surface area contributed by atoms with Crippen LogP contribution in [0.15, 0.2) is 12.3 Å². The first-order valence-electron chi connectivity index (χ1n) is 7.00. The number of unbranched alkanes of at least 4 members (excludes halogenated alkanes) is 2. The van der Waals surface area contributed by atoms with Crippen molar-refractivity contribution in [2.45, 2.75) is 65.3 Å². The van der Waals surface area contributed by atoms with Crippen LogP contribution in [-0.4, -0.2) is 30.6 Å². The molecule has 0 aliphatic carbocycles. The Morgan fingerprint density at radius 2 is 1.82 bits per heavy atom. The van der Waals surface area contributed by atoms with Crippen LogP contribution in [0.5, 0.6) is 0 Å². The highest BCUT2D eigenvalue weighted by Crippen LogP contribution is 2.10. The summed E-state index contributed by atoms with van der Waals surface area (Å²) in [5, 5.41) is 3.51. The average molecular weight is 240 g/mol.